The molecule has 3 N–H and O–H groups in total. The molecule has 0 amide bonds. The summed E-state index contributed by atoms with van der Waals surface area (Å²) in [6.45, 7) is 0.274. The largest absolute Gasteiger partial charge is 0.370 e. The molecule has 0 saturated heterocycles. The lowest BCUT2D eigenvalue weighted by molar-refractivity contribution is -0.111. The van der Waals surface area contributed by atoms with E-state index in [0.29, 0.717) is 6.42 Å². The number of anilines is 1. The molecule has 0 aromatic heterocycles. The van der Waals surface area contributed by atoms with E-state index in [4.69, 9.17) is 5.73 Å². The van der Waals surface area contributed by atoms with Gasteiger partial charge in [-0.25, -0.2) is 17.6 Å². The van der Waals surface area contributed by atoms with Crippen molar-refractivity contribution in [3.8, 4) is 0 Å². The fourth-order valence-corrected chi connectivity index (χ4v) is 2.13. The summed E-state index contributed by atoms with van der Waals surface area (Å²) >= 11 is 0. The number of nitrogens with two attached hydrogens (primary N) is 1. The Morgan fingerprint density at radius 1 is 1.35 bits per heavy atom. The molecule has 0 atom stereocenters. The Morgan fingerprint density at radius 2 is 2.05 bits per heavy atom. The SMILES string of the molecule is NC(=NCCC1CC(F)(F)C1)Nc1cc(F)ccc1F. The van der Waals surface area contributed by atoms with Crippen LogP contribution in [0.4, 0.5) is 23.2 Å². The van der Waals surface area contributed by atoms with E-state index in [1.165, 1.54) is 0 Å². The van der Waals surface area contributed by atoms with Gasteiger partial charge in [0.15, 0.2) is 5.96 Å². The van der Waals surface area contributed by atoms with Gasteiger partial charge in [0.25, 0.3) is 0 Å². The molecule has 1 aromatic rings. The van der Waals surface area contributed by atoms with Crippen LogP contribution in [-0.4, -0.2) is 18.4 Å². The summed E-state index contributed by atoms with van der Waals surface area (Å²) in [5.74, 6) is -3.90. The summed E-state index contributed by atoms with van der Waals surface area (Å²) in [4.78, 5) is 3.91. The number of guanidine groups is 1. The first kappa shape index (κ1) is 14.6. The summed E-state index contributed by atoms with van der Waals surface area (Å²) in [6, 6.07) is 2.93. The van der Waals surface area contributed by atoms with Crippen molar-refractivity contribution >= 4 is 11.6 Å². The smallest absolute Gasteiger partial charge is 0.248 e. The molecule has 3 nitrogen and oxygen atoms in total. The summed E-state index contributed by atoms with van der Waals surface area (Å²) in [5, 5.41) is 2.44. The van der Waals surface area contributed by atoms with Gasteiger partial charge in [0.1, 0.15) is 11.6 Å². The Hall–Kier alpha value is -1.79. The second kappa shape index (κ2) is 5.68. The Kier molecular flexibility index (Phi) is 4.15. The highest BCUT2D eigenvalue weighted by atomic mass is 19.3. The van der Waals surface area contributed by atoms with Gasteiger partial charge in [-0.15, -0.1) is 0 Å². The first-order valence-electron chi connectivity index (χ1n) is 6.25. The minimum atomic E-state index is -2.54. The van der Waals surface area contributed by atoms with Gasteiger partial charge in [-0.3, -0.25) is 4.99 Å². The molecule has 0 radical (unpaired) electrons. The molecule has 0 unspecified atom stereocenters. The molecule has 1 aliphatic rings. The second-order valence-corrected chi connectivity index (χ2v) is 4.94. The number of hydrogen-bond donors (Lipinski definition) is 2. The Labute approximate surface area is 113 Å². The van der Waals surface area contributed by atoms with Crippen molar-refractivity contribution in [2.75, 3.05) is 11.9 Å². The van der Waals surface area contributed by atoms with Crippen LogP contribution in [0, 0.1) is 17.6 Å². The second-order valence-electron chi connectivity index (χ2n) is 4.94. The van der Waals surface area contributed by atoms with Crippen molar-refractivity contribution < 1.29 is 17.6 Å². The third kappa shape index (κ3) is 3.85. The van der Waals surface area contributed by atoms with Crippen LogP contribution in [0.3, 0.4) is 0 Å². The summed E-state index contributed by atoms with van der Waals surface area (Å²) in [5.41, 5.74) is 5.42. The lowest BCUT2D eigenvalue weighted by Crippen LogP contribution is -2.35. The average Bonchev–Trinajstić information content (AvgIpc) is 2.31. The summed E-state index contributed by atoms with van der Waals surface area (Å²) < 4.78 is 51.4. The minimum Gasteiger partial charge on any atom is -0.370 e. The maximum atomic E-state index is 13.3. The molecule has 0 aliphatic heterocycles. The van der Waals surface area contributed by atoms with Crippen LogP contribution >= 0.6 is 0 Å². The van der Waals surface area contributed by atoms with Crippen molar-refractivity contribution in [2.45, 2.75) is 25.2 Å². The average molecular weight is 289 g/mol. The molecular weight excluding hydrogens is 274 g/mol. The Balaban J connectivity index is 1.81. The number of nitrogens with one attached hydrogen (secondary N) is 1. The van der Waals surface area contributed by atoms with E-state index in [9.17, 15) is 17.6 Å². The molecule has 7 heteroatoms. The van der Waals surface area contributed by atoms with Gasteiger partial charge < -0.3 is 11.1 Å². The van der Waals surface area contributed by atoms with E-state index in [0.717, 1.165) is 18.2 Å². The van der Waals surface area contributed by atoms with Crippen LogP contribution in [0.1, 0.15) is 19.3 Å². The monoisotopic (exact) mass is 289 g/mol. The highest BCUT2D eigenvalue weighted by Crippen LogP contribution is 2.43. The zero-order valence-corrected chi connectivity index (χ0v) is 10.7. The zero-order chi connectivity index (χ0) is 14.8. The molecule has 0 spiro atoms. The van der Waals surface area contributed by atoms with Gasteiger partial charge in [-0.2, -0.15) is 0 Å². The van der Waals surface area contributed by atoms with Crippen LogP contribution in [0.5, 0.6) is 0 Å². The fraction of sp³-hybridized carbons (Fsp3) is 0.462. The molecule has 2 rings (SSSR count). The number of halogens is 4. The topological polar surface area (TPSA) is 50.4 Å². The summed E-state index contributed by atoms with van der Waals surface area (Å²) in [6.07, 6.45) is 0.270. The van der Waals surface area contributed by atoms with Crippen LogP contribution in [-0.2, 0) is 0 Å². The molecule has 1 fully saturated rings. The molecule has 0 heterocycles. The first-order valence-corrected chi connectivity index (χ1v) is 6.25. The van der Waals surface area contributed by atoms with E-state index in [-0.39, 0.29) is 37.0 Å². The van der Waals surface area contributed by atoms with Crippen LogP contribution in [0.15, 0.2) is 23.2 Å². The van der Waals surface area contributed by atoms with E-state index in [1.54, 1.807) is 0 Å². The quantitative estimate of drug-likeness (QED) is 0.508. The standard InChI is InChI=1S/C13H15F4N3/c14-9-1-2-10(15)11(5-9)20-12(18)19-4-3-8-6-13(16,17)7-8/h1-2,5,8H,3-4,6-7H2,(H3,18,19,20). The Morgan fingerprint density at radius 3 is 2.70 bits per heavy atom. The molecule has 1 aliphatic carbocycles. The first-order chi connectivity index (χ1) is 9.35. The van der Waals surface area contributed by atoms with Crippen molar-refractivity contribution in [1.29, 1.82) is 0 Å². The van der Waals surface area contributed by atoms with E-state index in [1.807, 2.05) is 0 Å². The number of benzene rings is 1. The van der Waals surface area contributed by atoms with E-state index < -0.39 is 17.6 Å². The molecule has 1 saturated carbocycles. The van der Waals surface area contributed by atoms with Crippen LogP contribution < -0.4 is 11.1 Å². The fourth-order valence-electron chi connectivity index (χ4n) is 2.13. The van der Waals surface area contributed by atoms with Crippen molar-refractivity contribution in [1.82, 2.24) is 0 Å². The van der Waals surface area contributed by atoms with Gasteiger partial charge in [-0.1, -0.05) is 0 Å². The van der Waals surface area contributed by atoms with Crippen molar-refractivity contribution in [3.63, 3.8) is 0 Å². The molecule has 20 heavy (non-hydrogen) atoms. The van der Waals surface area contributed by atoms with Crippen molar-refractivity contribution in [2.24, 2.45) is 16.6 Å². The third-order valence-electron chi connectivity index (χ3n) is 3.19. The van der Waals surface area contributed by atoms with Crippen molar-refractivity contribution in [3.05, 3.63) is 29.8 Å². The van der Waals surface area contributed by atoms with Crippen LogP contribution in [0.2, 0.25) is 0 Å². The maximum absolute atomic E-state index is 13.3. The number of aliphatic imine (C=N–C) groups is 1. The van der Waals surface area contributed by atoms with E-state index in [2.05, 4.69) is 10.3 Å². The highest BCUT2D eigenvalue weighted by molar-refractivity contribution is 5.92. The number of alkyl halides is 2. The third-order valence-corrected chi connectivity index (χ3v) is 3.19. The highest BCUT2D eigenvalue weighted by Gasteiger charge is 2.44. The number of rotatable bonds is 4. The van der Waals surface area contributed by atoms with Gasteiger partial charge in [-0.05, 0) is 24.5 Å². The van der Waals surface area contributed by atoms with Gasteiger partial charge in [0.05, 0.1) is 5.69 Å². The van der Waals surface area contributed by atoms with Gasteiger partial charge >= 0.3 is 0 Å². The normalized spacial score (nSPS) is 18.7. The molecular formula is C13H15F4N3. The maximum Gasteiger partial charge on any atom is 0.248 e. The molecule has 1 aromatic carbocycles. The summed E-state index contributed by atoms with van der Waals surface area (Å²) in [7, 11) is 0. The van der Waals surface area contributed by atoms with Gasteiger partial charge in [0, 0.05) is 25.5 Å². The lowest BCUT2D eigenvalue weighted by atomic mass is 9.79. The lowest BCUT2D eigenvalue weighted by Gasteiger charge is -2.34. The van der Waals surface area contributed by atoms with Crippen LogP contribution in [0.25, 0.3) is 0 Å². The predicted molar refractivity (Wildman–Crippen MR) is 68.8 cm³/mol. The van der Waals surface area contributed by atoms with E-state index >= 15 is 0 Å². The number of hydrogen-bond acceptors (Lipinski definition) is 1. The molecule has 0 bridgehead atoms. The predicted octanol–water partition coefficient (Wildman–Crippen LogP) is 3.13. The van der Waals surface area contributed by atoms with Gasteiger partial charge in [0.2, 0.25) is 5.92 Å². The number of nitrogens with zero attached hydrogens (tertiary/aromatic N) is 1. The zero-order valence-electron chi connectivity index (χ0n) is 10.7. The molecule has 110 valence electrons. The minimum absolute atomic E-state index is 0.0487. The Bertz CT molecular complexity index is 508.